The van der Waals surface area contributed by atoms with Gasteiger partial charge in [-0.15, -0.1) is 0 Å². The molecule has 0 spiro atoms. The van der Waals surface area contributed by atoms with Gasteiger partial charge < -0.3 is 5.32 Å². The number of rotatable bonds is 4. The van der Waals surface area contributed by atoms with Gasteiger partial charge in [0.05, 0.1) is 5.92 Å². The lowest BCUT2D eigenvalue weighted by Gasteiger charge is -2.26. The van der Waals surface area contributed by atoms with E-state index in [1.54, 1.807) is 0 Å². The maximum Gasteiger partial charge on any atom is 0.228 e. The Labute approximate surface area is 139 Å². The standard InChI is InChI=1S/C19H28ClNO/c1-14(2)18(15-10-12-16(20)13-11-15)19(22)21-17-8-6-4-3-5-7-9-17/h10-14,17-18H,3-9H2,1-2H3,(H,21,22)/t18-/m1/s1. The van der Waals surface area contributed by atoms with E-state index in [9.17, 15) is 4.79 Å². The Morgan fingerprint density at radius 2 is 1.59 bits per heavy atom. The minimum absolute atomic E-state index is 0.0947. The van der Waals surface area contributed by atoms with Crippen LogP contribution in [0.2, 0.25) is 5.02 Å². The molecule has 0 unspecified atom stereocenters. The van der Waals surface area contributed by atoms with E-state index in [0.717, 1.165) is 18.4 Å². The van der Waals surface area contributed by atoms with Crippen molar-refractivity contribution < 1.29 is 4.79 Å². The Balaban J connectivity index is 2.04. The molecular formula is C19H28ClNO. The summed E-state index contributed by atoms with van der Waals surface area (Å²) in [6, 6.07) is 8.04. The molecule has 0 heterocycles. The highest BCUT2D eigenvalue weighted by atomic mass is 35.5. The van der Waals surface area contributed by atoms with Crippen LogP contribution in [0, 0.1) is 5.92 Å². The molecule has 0 aliphatic heterocycles. The van der Waals surface area contributed by atoms with Crippen molar-refractivity contribution in [3.8, 4) is 0 Å². The third-order valence-electron chi connectivity index (χ3n) is 4.63. The van der Waals surface area contributed by atoms with Crippen molar-refractivity contribution in [2.75, 3.05) is 0 Å². The average molecular weight is 322 g/mol. The van der Waals surface area contributed by atoms with E-state index in [2.05, 4.69) is 19.2 Å². The third kappa shape index (κ3) is 5.01. The summed E-state index contributed by atoms with van der Waals surface area (Å²) >= 11 is 5.96. The molecule has 1 saturated carbocycles. The first kappa shape index (κ1) is 17.3. The lowest BCUT2D eigenvalue weighted by Crippen LogP contribution is -2.39. The number of carbonyl (C=O) groups excluding carboxylic acids is 1. The van der Waals surface area contributed by atoms with Gasteiger partial charge in [0.25, 0.3) is 0 Å². The quantitative estimate of drug-likeness (QED) is 0.800. The zero-order chi connectivity index (χ0) is 15.9. The number of hydrogen-bond acceptors (Lipinski definition) is 1. The van der Waals surface area contributed by atoms with Crippen molar-refractivity contribution in [2.24, 2.45) is 5.92 Å². The highest BCUT2D eigenvalue weighted by Gasteiger charge is 2.26. The minimum Gasteiger partial charge on any atom is -0.353 e. The number of nitrogens with one attached hydrogen (secondary N) is 1. The van der Waals surface area contributed by atoms with E-state index >= 15 is 0 Å². The molecule has 1 aromatic rings. The molecule has 1 atom stereocenters. The van der Waals surface area contributed by atoms with Crippen molar-refractivity contribution in [1.82, 2.24) is 5.32 Å². The largest absolute Gasteiger partial charge is 0.353 e. The fraction of sp³-hybridized carbons (Fsp3) is 0.632. The zero-order valence-electron chi connectivity index (χ0n) is 13.8. The summed E-state index contributed by atoms with van der Waals surface area (Å²) in [6.45, 7) is 4.22. The topological polar surface area (TPSA) is 29.1 Å². The van der Waals surface area contributed by atoms with Gasteiger partial charge in [0, 0.05) is 11.1 Å². The molecule has 1 amide bonds. The maximum absolute atomic E-state index is 12.8. The predicted molar refractivity (Wildman–Crippen MR) is 93.3 cm³/mol. The summed E-state index contributed by atoms with van der Waals surface area (Å²) in [5.74, 6) is 0.348. The van der Waals surface area contributed by atoms with Crippen LogP contribution in [0.5, 0.6) is 0 Å². The van der Waals surface area contributed by atoms with Crippen LogP contribution in [0.25, 0.3) is 0 Å². The van der Waals surface area contributed by atoms with Crippen LogP contribution in [-0.2, 0) is 4.79 Å². The molecule has 2 rings (SSSR count). The summed E-state index contributed by atoms with van der Waals surface area (Å²) in [6.07, 6.45) is 8.67. The Bertz CT molecular complexity index is 461. The van der Waals surface area contributed by atoms with Gasteiger partial charge in [0.1, 0.15) is 0 Å². The third-order valence-corrected chi connectivity index (χ3v) is 4.88. The van der Waals surface area contributed by atoms with E-state index in [-0.39, 0.29) is 17.7 Å². The van der Waals surface area contributed by atoms with Gasteiger partial charge >= 0.3 is 0 Å². The molecule has 1 aliphatic carbocycles. The first-order chi connectivity index (χ1) is 10.6. The second kappa shape index (κ2) is 8.57. The van der Waals surface area contributed by atoms with Crippen molar-refractivity contribution >= 4 is 17.5 Å². The number of halogens is 1. The average Bonchev–Trinajstić information content (AvgIpc) is 2.43. The number of carbonyl (C=O) groups is 1. The molecule has 0 bridgehead atoms. The summed E-state index contributed by atoms with van der Waals surface area (Å²) in [7, 11) is 0. The molecule has 0 aromatic heterocycles. The van der Waals surface area contributed by atoms with Gasteiger partial charge in [-0.25, -0.2) is 0 Å². The van der Waals surface area contributed by atoms with Crippen LogP contribution in [0.3, 0.4) is 0 Å². The van der Waals surface area contributed by atoms with Gasteiger partial charge in [0.2, 0.25) is 5.91 Å². The highest BCUT2D eigenvalue weighted by Crippen LogP contribution is 2.27. The smallest absolute Gasteiger partial charge is 0.228 e. The fourth-order valence-electron chi connectivity index (χ4n) is 3.40. The van der Waals surface area contributed by atoms with Gasteiger partial charge in [-0.1, -0.05) is 69.7 Å². The van der Waals surface area contributed by atoms with Gasteiger partial charge in [-0.3, -0.25) is 4.79 Å². The number of benzene rings is 1. The maximum atomic E-state index is 12.8. The van der Waals surface area contributed by atoms with Crippen LogP contribution in [0.1, 0.15) is 70.3 Å². The number of amides is 1. The summed E-state index contributed by atoms with van der Waals surface area (Å²) in [4.78, 5) is 12.8. The Morgan fingerprint density at radius 1 is 1.05 bits per heavy atom. The molecular weight excluding hydrogens is 294 g/mol. The van der Waals surface area contributed by atoms with Gasteiger partial charge in [-0.2, -0.15) is 0 Å². The lowest BCUT2D eigenvalue weighted by molar-refractivity contribution is -0.124. The Morgan fingerprint density at radius 3 is 2.14 bits per heavy atom. The second-order valence-electron chi connectivity index (χ2n) is 6.82. The van der Waals surface area contributed by atoms with E-state index in [1.807, 2.05) is 24.3 Å². The molecule has 2 nitrogen and oxygen atoms in total. The van der Waals surface area contributed by atoms with E-state index in [0.29, 0.717) is 11.1 Å². The summed E-state index contributed by atoms with van der Waals surface area (Å²) < 4.78 is 0. The molecule has 0 radical (unpaired) electrons. The van der Waals surface area contributed by atoms with Crippen molar-refractivity contribution in [3.05, 3.63) is 34.9 Å². The van der Waals surface area contributed by atoms with Gasteiger partial charge in [-0.05, 0) is 36.5 Å². The monoisotopic (exact) mass is 321 g/mol. The van der Waals surface area contributed by atoms with Crippen LogP contribution >= 0.6 is 11.6 Å². The molecule has 3 heteroatoms. The Hall–Kier alpha value is -1.02. The molecule has 0 saturated heterocycles. The molecule has 122 valence electrons. The van der Waals surface area contributed by atoms with Crippen LogP contribution in [-0.4, -0.2) is 11.9 Å². The molecule has 1 aromatic carbocycles. The lowest BCUT2D eigenvalue weighted by atomic mass is 9.87. The van der Waals surface area contributed by atoms with Crippen LogP contribution in [0.4, 0.5) is 0 Å². The van der Waals surface area contributed by atoms with Crippen LogP contribution < -0.4 is 5.32 Å². The predicted octanol–water partition coefficient (Wildman–Crippen LogP) is 5.31. The SMILES string of the molecule is CC(C)[C@@H](C(=O)NC1CCCCCCC1)c1ccc(Cl)cc1. The zero-order valence-corrected chi connectivity index (χ0v) is 14.5. The fourth-order valence-corrected chi connectivity index (χ4v) is 3.53. The van der Waals surface area contributed by atoms with E-state index in [4.69, 9.17) is 11.6 Å². The minimum atomic E-state index is -0.0947. The molecule has 1 N–H and O–H groups in total. The van der Waals surface area contributed by atoms with E-state index in [1.165, 1.54) is 32.1 Å². The molecule has 22 heavy (non-hydrogen) atoms. The Kier molecular flexibility index (Phi) is 6.75. The first-order valence-corrected chi connectivity index (χ1v) is 9.01. The normalized spacial score (nSPS) is 18.5. The van der Waals surface area contributed by atoms with Crippen molar-refractivity contribution in [2.45, 2.75) is 70.8 Å². The summed E-state index contributed by atoms with van der Waals surface area (Å²) in [5, 5.41) is 4.02. The molecule has 1 fully saturated rings. The number of hydrogen-bond donors (Lipinski definition) is 1. The van der Waals surface area contributed by atoms with Crippen molar-refractivity contribution in [1.29, 1.82) is 0 Å². The first-order valence-electron chi connectivity index (χ1n) is 8.64. The van der Waals surface area contributed by atoms with Crippen molar-refractivity contribution in [3.63, 3.8) is 0 Å². The summed E-state index contributed by atoms with van der Waals surface area (Å²) in [5.41, 5.74) is 1.06. The second-order valence-corrected chi connectivity index (χ2v) is 7.26. The highest BCUT2D eigenvalue weighted by molar-refractivity contribution is 6.30. The van der Waals surface area contributed by atoms with E-state index < -0.39 is 0 Å². The van der Waals surface area contributed by atoms with Crippen LogP contribution in [0.15, 0.2) is 24.3 Å². The van der Waals surface area contributed by atoms with Gasteiger partial charge in [0.15, 0.2) is 0 Å². The molecule has 1 aliphatic rings.